The van der Waals surface area contributed by atoms with Gasteiger partial charge in [0.2, 0.25) is 0 Å². The molecule has 0 saturated heterocycles. The molecule has 0 spiro atoms. The van der Waals surface area contributed by atoms with Crippen molar-refractivity contribution in [2.75, 3.05) is 6.61 Å². The molecule has 0 amide bonds. The summed E-state index contributed by atoms with van der Waals surface area (Å²) in [6.45, 7) is 1.91. The number of rotatable bonds is 5. The highest BCUT2D eigenvalue weighted by Gasteiger charge is 2.09. The molecule has 22 heavy (non-hydrogen) atoms. The SMILES string of the molecule is Cc1ccccc1OCC(=O)OCc1cc2ccccc2o1. The van der Waals surface area contributed by atoms with Gasteiger partial charge < -0.3 is 13.9 Å². The van der Waals surface area contributed by atoms with Gasteiger partial charge in [0.1, 0.15) is 23.7 Å². The van der Waals surface area contributed by atoms with Crippen LogP contribution in [0.2, 0.25) is 0 Å². The molecule has 1 heterocycles. The minimum absolute atomic E-state index is 0.102. The Bertz CT molecular complexity index is 755. The Hall–Kier alpha value is -2.75. The average molecular weight is 296 g/mol. The van der Waals surface area contributed by atoms with Gasteiger partial charge in [-0.3, -0.25) is 0 Å². The number of hydrogen-bond acceptors (Lipinski definition) is 4. The third-order valence-electron chi connectivity index (χ3n) is 3.29. The second kappa shape index (κ2) is 6.35. The molecule has 0 radical (unpaired) electrons. The number of ether oxygens (including phenoxy) is 2. The van der Waals surface area contributed by atoms with E-state index >= 15 is 0 Å². The summed E-state index contributed by atoms with van der Waals surface area (Å²) in [7, 11) is 0. The molecule has 0 saturated carbocycles. The van der Waals surface area contributed by atoms with Crippen molar-refractivity contribution in [1.29, 1.82) is 0 Å². The van der Waals surface area contributed by atoms with Crippen LogP contribution in [0.1, 0.15) is 11.3 Å². The first-order valence-corrected chi connectivity index (χ1v) is 7.04. The molecular weight excluding hydrogens is 280 g/mol. The van der Waals surface area contributed by atoms with Gasteiger partial charge in [-0.15, -0.1) is 0 Å². The van der Waals surface area contributed by atoms with Crippen molar-refractivity contribution in [3.05, 3.63) is 65.9 Å². The topological polar surface area (TPSA) is 48.7 Å². The molecule has 0 unspecified atom stereocenters. The Labute approximate surface area is 128 Å². The molecule has 0 atom stereocenters. The zero-order valence-corrected chi connectivity index (χ0v) is 12.2. The van der Waals surface area contributed by atoms with Crippen molar-refractivity contribution in [2.24, 2.45) is 0 Å². The maximum absolute atomic E-state index is 11.7. The zero-order chi connectivity index (χ0) is 15.4. The molecule has 4 nitrogen and oxygen atoms in total. The molecule has 2 aromatic carbocycles. The predicted molar refractivity (Wildman–Crippen MR) is 82.7 cm³/mol. The van der Waals surface area contributed by atoms with E-state index in [2.05, 4.69) is 0 Å². The summed E-state index contributed by atoms with van der Waals surface area (Å²) in [4.78, 5) is 11.7. The Morgan fingerprint density at radius 2 is 1.86 bits per heavy atom. The Kier molecular flexibility index (Phi) is 4.10. The summed E-state index contributed by atoms with van der Waals surface area (Å²) in [5, 5.41) is 0.990. The third kappa shape index (κ3) is 3.28. The molecule has 4 heteroatoms. The molecule has 0 N–H and O–H groups in total. The van der Waals surface area contributed by atoms with E-state index in [1.54, 1.807) is 0 Å². The van der Waals surface area contributed by atoms with Crippen molar-refractivity contribution in [2.45, 2.75) is 13.5 Å². The minimum atomic E-state index is -0.427. The number of fused-ring (bicyclic) bond motifs is 1. The fraction of sp³-hybridized carbons (Fsp3) is 0.167. The van der Waals surface area contributed by atoms with Crippen molar-refractivity contribution < 1.29 is 18.7 Å². The van der Waals surface area contributed by atoms with Gasteiger partial charge in [-0.2, -0.15) is 0 Å². The molecule has 0 fully saturated rings. The Balaban J connectivity index is 1.53. The van der Waals surface area contributed by atoms with Crippen molar-refractivity contribution in [1.82, 2.24) is 0 Å². The molecule has 3 aromatic rings. The van der Waals surface area contributed by atoms with Gasteiger partial charge in [0.25, 0.3) is 0 Å². The van der Waals surface area contributed by atoms with Crippen molar-refractivity contribution in [3.63, 3.8) is 0 Å². The summed E-state index contributed by atoms with van der Waals surface area (Å²) in [5.41, 5.74) is 1.76. The summed E-state index contributed by atoms with van der Waals surface area (Å²) in [5.74, 6) is 0.873. The van der Waals surface area contributed by atoms with Gasteiger partial charge in [-0.1, -0.05) is 36.4 Å². The van der Waals surface area contributed by atoms with E-state index < -0.39 is 5.97 Å². The van der Waals surface area contributed by atoms with E-state index in [9.17, 15) is 4.79 Å². The summed E-state index contributed by atoms with van der Waals surface area (Å²) >= 11 is 0. The number of benzene rings is 2. The van der Waals surface area contributed by atoms with Crippen LogP contribution in [0, 0.1) is 6.92 Å². The standard InChI is InChI=1S/C18H16O4/c1-13-6-2-4-8-16(13)20-12-18(19)21-11-15-10-14-7-3-5-9-17(14)22-15/h2-10H,11-12H2,1H3. The lowest BCUT2D eigenvalue weighted by molar-refractivity contribution is -0.147. The second-order valence-electron chi connectivity index (χ2n) is 4.97. The van der Waals surface area contributed by atoms with Crippen LogP contribution in [0.5, 0.6) is 5.75 Å². The van der Waals surface area contributed by atoms with Gasteiger partial charge in [0.05, 0.1) is 0 Å². The Morgan fingerprint density at radius 1 is 1.09 bits per heavy atom. The monoisotopic (exact) mass is 296 g/mol. The van der Waals surface area contributed by atoms with Crippen molar-refractivity contribution >= 4 is 16.9 Å². The lowest BCUT2D eigenvalue weighted by atomic mass is 10.2. The quantitative estimate of drug-likeness (QED) is 0.671. The highest BCUT2D eigenvalue weighted by atomic mass is 16.6. The van der Waals surface area contributed by atoms with Gasteiger partial charge in [-0.05, 0) is 30.7 Å². The fourth-order valence-corrected chi connectivity index (χ4v) is 2.16. The minimum Gasteiger partial charge on any atom is -0.482 e. The van der Waals surface area contributed by atoms with Gasteiger partial charge in [0.15, 0.2) is 6.61 Å². The number of para-hydroxylation sites is 2. The normalized spacial score (nSPS) is 10.6. The molecule has 1 aromatic heterocycles. The highest BCUT2D eigenvalue weighted by molar-refractivity contribution is 5.77. The number of esters is 1. The lowest BCUT2D eigenvalue weighted by Gasteiger charge is -2.08. The van der Waals surface area contributed by atoms with E-state index in [0.717, 1.165) is 16.5 Å². The van der Waals surface area contributed by atoms with Crippen LogP contribution in [-0.4, -0.2) is 12.6 Å². The first kappa shape index (κ1) is 14.2. The van der Waals surface area contributed by atoms with Crippen LogP contribution in [-0.2, 0) is 16.1 Å². The summed E-state index contributed by atoms with van der Waals surface area (Å²) in [6, 6.07) is 17.1. The molecule has 0 aliphatic carbocycles. The second-order valence-corrected chi connectivity index (χ2v) is 4.97. The molecule has 0 bridgehead atoms. The van der Waals surface area contributed by atoms with Crippen LogP contribution in [0.25, 0.3) is 11.0 Å². The molecule has 3 rings (SSSR count). The number of aryl methyl sites for hydroxylation is 1. The van der Waals surface area contributed by atoms with Crippen LogP contribution < -0.4 is 4.74 Å². The fourth-order valence-electron chi connectivity index (χ4n) is 2.16. The zero-order valence-electron chi connectivity index (χ0n) is 12.2. The largest absolute Gasteiger partial charge is 0.482 e. The van der Waals surface area contributed by atoms with E-state index in [-0.39, 0.29) is 13.2 Å². The lowest BCUT2D eigenvalue weighted by Crippen LogP contribution is -2.14. The first-order chi connectivity index (χ1) is 10.7. The van der Waals surface area contributed by atoms with Crippen LogP contribution >= 0.6 is 0 Å². The van der Waals surface area contributed by atoms with Gasteiger partial charge >= 0.3 is 5.97 Å². The molecule has 0 aliphatic rings. The first-order valence-electron chi connectivity index (χ1n) is 7.04. The number of carbonyl (C=O) groups is 1. The smallest absolute Gasteiger partial charge is 0.344 e. The van der Waals surface area contributed by atoms with Crippen LogP contribution in [0.4, 0.5) is 0 Å². The van der Waals surface area contributed by atoms with E-state index in [4.69, 9.17) is 13.9 Å². The maximum Gasteiger partial charge on any atom is 0.344 e. The van der Waals surface area contributed by atoms with E-state index in [1.807, 2.05) is 61.5 Å². The predicted octanol–water partition coefficient (Wildman–Crippen LogP) is 3.86. The van der Waals surface area contributed by atoms with E-state index in [1.165, 1.54) is 0 Å². The summed E-state index contributed by atoms with van der Waals surface area (Å²) in [6.07, 6.45) is 0. The maximum atomic E-state index is 11.7. The number of carbonyl (C=O) groups excluding carboxylic acids is 1. The molecular formula is C18H16O4. The highest BCUT2D eigenvalue weighted by Crippen LogP contribution is 2.19. The van der Waals surface area contributed by atoms with E-state index in [0.29, 0.717) is 11.5 Å². The molecule has 0 aliphatic heterocycles. The number of furan rings is 1. The van der Waals surface area contributed by atoms with Crippen LogP contribution in [0.3, 0.4) is 0 Å². The van der Waals surface area contributed by atoms with Gasteiger partial charge in [0, 0.05) is 5.39 Å². The number of hydrogen-bond donors (Lipinski definition) is 0. The Morgan fingerprint density at radius 3 is 2.68 bits per heavy atom. The van der Waals surface area contributed by atoms with Crippen LogP contribution in [0.15, 0.2) is 59.0 Å². The molecule has 112 valence electrons. The summed E-state index contributed by atoms with van der Waals surface area (Å²) < 4.78 is 16.2. The average Bonchev–Trinajstić information content (AvgIpc) is 2.95. The van der Waals surface area contributed by atoms with Crippen molar-refractivity contribution in [3.8, 4) is 5.75 Å². The van der Waals surface area contributed by atoms with Gasteiger partial charge in [-0.25, -0.2) is 4.79 Å². The third-order valence-corrected chi connectivity index (χ3v) is 3.29.